The van der Waals surface area contributed by atoms with Gasteiger partial charge in [0.15, 0.2) is 0 Å². The summed E-state index contributed by atoms with van der Waals surface area (Å²) in [5, 5.41) is 13.4. The first-order chi connectivity index (χ1) is 14.9. The Morgan fingerprint density at radius 3 is 2.69 bits per heavy atom. The highest BCUT2D eigenvalue weighted by Crippen LogP contribution is 2.42. The lowest BCUT2D eigenvalue weighted by molar-refractivity contribution is -0.181. The van der Waals surface area contributed by atoms with E-state index in [-0.39, 0.29) is 23.8 Å². The Labute approximate surface area is 189 Å². The van der Waals surface area contributed by atoms with E-state index in [1.54, 1.807) is 6.20 Å². The average molecular weight is 465 g/mol. The minimum absolute atomic E-state index is 0.0726. The molecular formula is C23H27F3N4OS. The Morgan fingerprint density at radius 2 is 2.00 bits per heavy atom. The summed E-state index contributed by atoms with van der Waals surface area (Å²) in [6.07, 6.45) is -0.385. The van der Waals surface area contributed by atoms with E-state index in [0.717, 1.165) is 40.1 Å². The molecule has 0 bridgehead atoms. The van der Waals surface area contributed by atoms with E-state index in [1.807, 2.05) is 12.1 Å². The van der Waals surface area contributed by atoms with E-state index in [1.165, 1.54) is 31.3 Å². The van der Waals surface area contributed by atoms with Gasteiger partial charge in [-0.05, 0) is 63.1 Å². The van der Waals surface area contributed by atoms with Crippen molar-refractivity contribution in [2.45, 2.75) is 71.2 Å². The van der Waals surface area contributed by atoms with Crippen molar-refractivity contribution in [3.05, 3.63) is 46.4 Å². The fourth-order valence-electron chi connectivity index (χ4n) is 4.14. The van der Waals surface area contributed by atoms with Crippen molar-refractivity contribution < 1.29 is 18.3 Å². The first kappa shape index (κ1) is 22.9. The Bertz CT molecular complexity index is 1140. The van der Waals surface area contributed by atoms with Crippen LogP contribution in [0.25, 0.3) is 10.3 Å². The summed E-state index contributed by atoms with van der Waals surface area (Å²) < 4.78 is 40.3. The van der Waals surface area contributed by atoms with Gasteiger partial charge in [-0.2, -0.15) is 13.2 Å². The molecule has 0 aliphatic heterocycles. The first-order valence-corrected chi connectivity index (χ1v) is 11.4. The van der Waals surface area contributed by atoms with Gasteiger partial charge in [0.1, 0.15) is 20.8 Å². The van der Waals surface area contributed by atoms with Gasteiger partial charge in [-0.15, -0.1) is 0 Å². The second-order valence-corrected chi connectivity index (χ2v) is 10.5. The van der Waals surface area contributed by atoms with Crippen molar-refractivity contribution in [1.29, 1.82) is 0 Å². The normalized spacial score (nSPS) is 20.2. The van der Waals surface area contributed by atoms with Crippen molar-refractivity contribution in [3.63, 3.8) is 0 Å². The van der Waals surface area contributed by atoms with E-state index < -0.39 is 11.6 Å². The minimum Gasteiger partial charge on any atom is -0.389 e. The molecule has 1 aliphatic rings. The highest BCUT2D eigenvalue weighted by molar-refractivity contribution is 7.18. The van der Waals surface area contributed by atoms with Gasteiger partial charge in [0.05, 0.1) is 24.2 Å². The number of nitrogens with one attached hydrogen (secondary N) is 1. The number of thiazole rings is 1. The summed E-state index contributed by atoms with van der Waals surface area (Å²) >= 11 is 1.37. The van der Waals surface area contributed by atoms with Gasteiger partial charge in [-0.25, -0.2) is 9.97 Å². The van der Waals surface area contributed by atoms with Crippen LogP contribution in [0.4, 0.5) is 18.9 Å². The molecule has 172 valence electrons. The molecule has 1 aliphatic carbocycles. The van der Waals surface area contributed by atoms with Crippen LogP contribution in [0, 0.1) is 5.41 Å². The SMILES string of the molecule is CC(Nc1cnc2sc(CO)nc2c1)C1(C)CCc2nc(C(C)(C)C(F)(F)F)ccc2C1. The Hall–Kier alpha value is -2.26. The van der Waals surface area contributed by atoms with E-state index in [9.17, 15) is 18.3 Å². The third kappa shape index (κ3) is 4.08. The molecule has 2 unspecified atom stereocenters. The summed E-state index contributed by atoms with van der Waals surface area (Å²) in [4.78, 5) is 14.0. The molecular weight excluding hydrogens is 437 g/mol. The van der Waals surface area contributed by atoms with Gasteiger partial charge in [0.25, 0.3) is 0 Å². The second-order valence-electron chi connectivity index (χ2n) is 9.44. The van der Waals surface area contributed by atoms with Gasteiger partial charge >= 0.3 is 6.18 Å². The van der Waals surface area contributed by atoms with Gasteiger partial charge in [-0.1, -0.05) is 24.3 Å². The van der Waals surface area contributed by atoms with Crippen LogP contribution >= 0.6 is 11.3 Å². The molecule has 0 amide bonds. The molecule has 0 spiro atoms. The van der Waals surface area contributed by atoms with Crippen molar-refractivity contribution in [3.8, 4) is 0 Å². The number of aromatic nitrogens is 3. The van der Waals surface area contributed by atoms with Crippen LogP contribution in [0.2, 0.25) is 0 Å². The maximum absolute atomic E-state index is 13.4. The second kappa shape index (κ2) is 7.95. The number of aliphatic hydroxyl groups is 1. The van der Waals surface area contributed by atoms with E-state index in [4.69, 9.17) is 0 Å². The average Bonchev–Trinajstić information content (AvgIpc) is 3.15. The molecule has 4 rings (SSSR count). The monoisotopic (exact) mass is 464 g/mol. The topological polar surface area (TPSA) is 70.9 Å². The number of anilines is 1. The van der Waals surface area contributed by atoms with Crippen LogP contribution < -0.4 is 5.32 Å². The highest BCUT2D eigenvalue weighted by Gasteiger charge is 2.50. The van der Waals surface area contributed by atoms with E-state index in [0.29, 0.717) is 11.4 Å². The maximum atomic E-state index is 13.4. The fourth-order valence-corrected chi connectivity index (χ4v) is 4.88. The molecule has 2 atom stereocenters. The Balaban J connectivity index is 1.52. The number of nitrogens with zero attached hydrogens (tertiary/aromatic N) is 3. The van der Waals surface area contributed by atoms with Crippen LogP contribution in [0.1, 0.15) is 56.1 Å². The molecule has 0 saturated carbocycles. The highest BCUT2D eigenvalue weighted by atomic mass is 32.1. The van der Waals surface area contributed by atoms with Crippen LogP contribution in [-0.4, -0.2) is 32.3 Å². The zero-order valence-electron chi connectivity index (χ0n) is 18.5. The number of aryl methyl sites for hydroxylation is 1. The zero-order valence-corrected chi connectivity index (χ0v) is 19.4. The van der Waals surface area contributed by atoms with Crippen LogP contribution in [0.3, 0.4) is 0 Å². The lowest BCUT2D eigenvalue weighted by Gasteiger charge is -2.40. The quantitative estimate of drug-likeness (QED) is 0.528. The summed E-state index contributed by atoms with van der Waals surface area (Å²) in [7, 11) is 0. The Morgan fingerprint density at radius 1 is 1.25 bits per heavy atom. The summed E-state index contributed by atoms with van der Waals surface area (Å²) in [5.41, 5.74) is 1.38. The number of hydrogen-bond acceptors (Lipinski definition) is 6. The third-order valence-corrected chi connectivity index (χ3v) is 7.76. The molecule has 5 nitrogen and oxygen atoms in total. The molecule has 32 heavy (non-hydrogen) atoms. The number of pyridine rings is 2. The van der Waals surface area contributed by atoms with Gasteiger partial charge in [-0.3, -0.25) is 4.98 Å². The molecule has 3 aromatic rings. The number of fused-ring (bicyclic) bond motifs is 2. The first-order valence-electron chi connectivity index (χ1n) is 10.6. The summed E-state index contributed by atoms with van der Waals surface area (Å²) in [5.74, 6) is 0. The predicted octanol–water partition coefficient (Wildman–Crippen LogP) is 5.41. The Kier molecular flexibility index (Phi) is 5.69. The molecule has 3 aromatic heterocycles. The number of hydrogen-bond donors (Lipinski definition) is 2. The zero-order chi connectivity index (χ0) is 23.3. The van der Waals surface area contributed by atoms with E-state index >= 15 is 0 Å². The molecule has 3 heterocycles. The minimum atomic E-state index is -4.35. The standard InChI is InChI=1S/C23H27F3N4OS/c1-13(28-15-9-17-20(27-11-15)32-19(12-31)30-17)22(4)8-7-16-14(10-22)5-6-18(29-16)21(2,3)23(24,25)26/h5-6,9,11,13,28,31H,7-8,10,12H2,1-4H3. The molecule has 9 heteroatoms. The predicted molar refractivity (Wildman–Crippen MR) is 120 cm³/mol. The van der Waals surface area contributed by atoms with Gasteiger partial charge < -0.3 is 10.4 Å². The molecule has 2 N–H and O–H groups in total. The number of halogens is 3. The summed E-state index contributed by atoms with van der Waals surface area (Å²) in [6, 6.07) is 5.36. The summed E-state index contributed by atoms with van der Waals surface area (Å²) in [6.45, 7) is 6.56. The van der Waals surface area contributed by atoms with Crippen molar-refractivity contribution in [1.82, 2.24) is 15.0 Å². The number of rotatable bonds is 5. The van der Waals surface area contributed by atoms with Crippen molar-refractivity contribution in [2.24, 2.45) is 5.41 Å². The van der Waals surface area contributed by atoms with E-state index in [2.05, 4.69) is 34.1 Å². The fraction of sp³-hybridized carbons (Fsp3) is 0.522. The lowest BCUT2D eigenvalue weighted by atomic mass is 9.69. The largest absolute Gasteiger partial charge is 0.399 e. The lowest BCUT2D eigenvalue weighted by Crippen LogP contribution is -2.41. The third-order valence-electron chi connectivity index (χ3n) is 6.80. The molecule has 0 saturated heterocycles. The maximum Gasteiger partial charge on any atom is 0.399 e. The smallest absolute Gasteiger partial charge is 0.389 e. The number of aliphatic hydroxyl groups excluding tert-OH is 1. The molecule has 0 aromatic carbocycles. The van der Waals surface area contributed by atoms with Crippen LogP contribution in [0.15, 0.2) is 24.4 Å². The van der Waals surface area contributed by atoms with Crippen molar-refractivity contribution in [2.75, 3.05) is 5.32 Å². The number of alkyl halides is 3. The van der Waals surface area contributed by atoms with Crippen molar-refractivity contribution >= 4 is 27.4 Å². The molecule has 0 radical (unpaired) electrons. The van der Waals surface area contributed by atoms with Gasteiger partial charge in [0.2, 0.25) is 0 Å². The van der Waals surface area contributed by atoms with Gasteiger partial charge in [0, 0.05) is 11.7 Å². The molecule has 0 fully saturated rings. The van der Waals surface area contributed by atoms with Crippen LogP contribution in [0.5, 0.6) is 0 Å². The van der Waals surface area contributed by atoms with Crippen LogP contribution in [-0.2, 0) is 24.9 Å².